The highest BCUT2D eigenvalue weighted by molar-refractivity contribution is 5.96. The monoisotopic (exact) mass is 236 g/mol. The fraction of sp³-hybridized carbons (Fsp3) is 0.500. The maximum atomic E-state index is 13.2. The molecule has 0 atom stereocenters. The van der Waals surface area contributed by atoms with Crippen molar-refractivity contribution in [1.82, 2.24) is 0 Å². The summed E-state index contributed by atoms with van der Waals surface area (Å²) in [6, 6.07) is 4.10. The first-order valence-electron chi connectivity index (χ1n) is 6.14. The van der Waals surface area contributed by atoms with Crippen LogP contribution >= 0.6 is 0 Å². The highest BCUT2D eigenvalue weighted by Gasteiger charge is 2.18. The second-order valence-electron chi connectivity index (χ2n) is 4.57. The molecule has 17 heavy (non-hydrogen) atoms. The molecule has 92 valence electrons. The summed E-state index contributed by atoms with van der Waals surface area (Å²) in [5.74, 6) is -0.0546. The molecule has 3 heteroatoms. The molecule has 2 rings (SSSR count). The molecule has 0 spiro atoms. The summed E-state index contributed by atoms with van der Waals surface area (Å²) >= 11 is 0. The van der Waals surface area contributed by atoms with Crippen molar-refractivity contribution in [1.29, 1.82) is 0 Å². The van der Waals surface area contributed by atoms with E-state index in [9.17, 15) is 9.18 Å². The number of hydrogen-bond donors (Lipinski definition) is 0. The Kier molecular flexibility index (Phi) is 3.77. The smallest absolute Gasteiger partial charge is 0.163 e. The second-order valence-corrected chi connectivity index (χ2v) is 4.57. The van der Waals surface area contributed by atoms with Gasteiger partial charge in [-0.15, -0.1) is 0 Å². The fourth-order valence-electron chi connectivity index (χ4n) is 2.25. The lowest BCUT2D eigenvalue weighted by Crippen LogP contribution is -2.20. The van der Waals surface area contributed by atoms with Gasteiger partial charge in [0.2, 0.25) is 0 Å². The molecule has 2 nitrogen and oxygen atoms in total. The first-order valence-corrected chi connectivity index (χ1v) is 6.14. The minimum absolute atomic E-state index is 0.0872. The molecular weight excluding hydrogens is 219 g/mol. The van der Waals surface area contributed by atoms with Gasteiger partial charge in [-0.1, -0.05) is 6.42 Å². The third kappa shape index (κ3) is 3.05. The van der Waals surface area contributed by atoms with Crippen molar-refractivity contribution in [2.24, 2.45) is 0 Å². The largest absolute Gasteiger partial charge is 0.490 e. The topological polar surface area (TPSA) is 26.3 Å². The summed E-state index contributed by atoms with van der Waals surface area (Å²) in [6.45, 7) is 1.47. The molecule has 1 saturated carbocycles. The number of benzene rings is 1. The molecule has 0 radical (unpaired) electrons. The Morgan fingerprint density at radius 1 is 1.29 bits per heavy atom. The zero-order valence-electron chi connectivity index (χ0n) is 10.0. The molecule has 0 amide bonds. The van der Waals surface area contributed by atoms with Gasteiger partial charge in [0.25, 0.3) is 0 Å². The fourth-order valence-corrected chi connectivity index (χ4v) is 2.25. The van der Waals surface area contributed by atoms with Gasteiger partial charge < -0.3 is 4.74 Å². The van der Waals surface area contributed by atoms with E-state index in [4.69, 9.17) is 4.74 Å². The van der Waals surface area contributed by atoms with Gasteiger partial charge in [-0.25, -0.2) is 4.39 Å². The third-order valence-corrected chi connectivity index (χ3v) is 3.17. The molecule has 0 N–H and O–H groups in total. The molecule has 1 fully saturated rings. The van der Waals surface area contributed by atoms with E-state index in [1.165, 1.54) is 31.5 Å². The zero-order valence-corrected chi connectivity index (χ0v) is 10.0. The number of Topliss-reactive ketones (excluding diaryl/α,β-unsaturated/α-hetero) is 1. The number of halogens is 1. The van der Waals surface area contributed by atoms with Crippen LogP contribution < -0.4 is 4.74 Å². The highest BCUT2D eigenvalue weighted by Crippen LogP contribution is 2.27. The van der Waals surface area contributed by atoms with Crippen molar-refractivity contribution in [3.05, 3.63) is 29.6 Å². The molecule has 0 bridgehead atoms. The number of ether oxygens (including phenoxy) is 1. The molecule has 0 aliphatic heterocycles. The summed E-state index contributed by atoms with van der Waals surface area (Å²) in [4.78, 5) is 11.4. The molecule has 1 aromatic carbocycles. The Labute approximate surface area is 101 Å². The molecule has 1 aromatic rings. The number of hydrogen-bond acceptors (Lipinski definition) is 2. The quantitative estimate of drug-likeness (QED) is 0.747. The minimum atomic E-state index is -0.360. The molecule has 0 saturated heterocycles. The van der Waals surface area contributed by atoms with Gasteiger partial charge >= 0.3 is 0 Å². The van der Waals surface area contributed by atoms with Gasteiger partial charge in [-0.3, -0.25) is 4.79 Å². The Bertz CT molecular complexity index is 409. The van der Waals surface area contributed by atoms with Crippen LogP contribution in [-0.4, -0.2) is 11.9 Å². The van der Waals surface area contributed by atoms with Gasteiger partial charge in [0.1, 0.15) is 11.6 Å². The average molecular weight is 236 g/mol. The molecule has 0 unspecified atom stereocenters. The summed E-state index contributed by atoms with van der Waals surface area (Å²) < 4.78 is 18.9. The van der Waals surface area contributed by atoms with Crippen molar-refractivity contribution in [2.75, 3.05) is 0 Å². The Morgan fingerprint density at radius 3 is 2.65 bits per heavy atom. The maximum Gasteiger partial charge on any atom is 0.163 e. The third-order valence-electron chi connectivity index (χ3n) is 3.17. The normalized spacial score (nSPS) is 16.8. The second kappa shape index (κ2) is 5.30. The van der Waals surface area contributed by atoms with E-state index in [0.717, 1.165) is 25.7 Å². The summed E-state index contributed by atoms with van der Waals surface area (Å²) in [6.07, 6.45) is 5.65. The summed E-state index contributed by atoms with van der Waals surface area (Å²) in [5, 5.41) is 0. The molecular formula is C14H17FO2. The average Bonchev–Trinajstić information content (AvgIpc) is 2.30. The van der Waals surface area contributed by atoms with Gasteiger partial charge in [0.15, 0.2) is 5.78 Å². The summed E-state index contributed by atoms with van der Waals surface area (Å²) in [5.41, 5.74) is 0.469. The number of rotatable bonds is 3. The lowest BCUT2D eigenvalue weighted by molar-refractivity contribution is 0.100. The van der Waals surface area contributed by atoms with Crippen molar-refractivity contribution in [2.45, 2.75) is 45.1 Å². The molecule has 1 aliphatic carbocycles. The SMILES string of the molecule is CC(=O)c1ccc(F)cc1OC1CCCCC1. The number of carbonyl (C=O) groups is 1. The van der Waals surface area contributed by atoms with E-state index in [1.807, 2.05) is 0 Å². The van der Waals surface area contributed by atoms with Crippen molar-refractivity contribution >= 4 is 5.78 Å². The van der Waals surface area contributed by atoms with E-state index in [1.54, 1.807) is 0 Å². The predicted octanol–water partition coefficient (Wildman–Crippen LogP) is 3.74. The Morgan fingerprint density at radius 2 is 2.00 bits per heavy atom. The van der Waals surface area contributed by atoms with Crippen LogP contribution in [0.25, 0.3) is 0 Å². The van der Waals surface area contributed by atoms with Crippen molar-refractivity contribution in [3.63, 3.8) is 0 Å². The van der Waals surface area contributed by atoms with Gasteiger partial charge in [-0.05, 0) is 44.7 Å². The van der Waals surface area contributed by atoms with Gasteiger partial charge in [-0.2, -0.15) is 0 Å². The van der Waals surface area contributed by atoms with Crippen molar-refractivity contribution < 1.29 is 13.9 Å². The van der Waals surface area contributed by atoms with Crippen molar-refractivity contribution in [3.8, 4) is 5.75 Å². The van der Waals surface area contributed by atoms with Crippen LogP contribution in [0.2, 0.25) is 0 Å². The van der Waals surface area contributed by atoms with Gasteiger partial charge in [0.05, 0.1) is 11.7 Å². The van der Waals surface area contributed by atoms with Crippen LogP contribution in [-0.2, 0) is 0 Å². The molecule has 0 aromatic heterocycles. The zero-order chi connectivity index (χ0) is 12.3. The molecule has 1 aliphatic rings. The van der Waals surface area contributed by atoms with Gasteiger partial charge in [0, 0.05) is 6.07 Å². The van der Waals surface area contributed by atoms with Crippen LogP contribution in [0.15, 0.2) is 18.2 Å². The van der Waals surface area contributed by atoms with Crippen LogP contribution in [0.3, 0.4) is 0 Å². The predicted molar refractivity (Wildman–Crippen MR) is 63.9 cm³/mol. The van der Waals surface area contributed by atoms with E-state index >= 15 is 0 Å². The lowest BCUT2D eigenvalue weighted by atomic mass is 9.97. The minimum Gasteiger partial charge on any atom is -0.490 e. The number of carbonyl (C=O) groups excluding carboxylic acids is 1. The van der Waals surface area contributed by atoms with Crippen LogP contribution in [0.5, 0.6) is 5.75 Å². The van der Waals surface area contributed by atoms with E-state index in [0.29, 0.717) is 11.3 Å². The van der Waals surface area contributed by atoms with Crippen LogP contribution in [0.4, 0.5) is 4.39 Å². The van der Waals surface area contributed by atoms with Crippen LogP contribution in [0.1, 0.15) is 49.4 Å². The molecule has 0 heterocycles. The standard InChI is InChI=1S/C14H17FO2/c1-10(16)13-8-7-11(15)9-14(13)17-12-5-3-2-4-6-12/h7-9,12H,2-6H2,1H3. The number of ketones is 1. The van der Waals surface area contributed by atoms with Crippen LogP contribution in [0, 0.1) is 5.82 Å². The van der Waals surface area contributed by atoms with E-state index in [-0.39, 0.29) is 17.7 Å². The maximum absolute atomic E-state index is 13.2. The van der Waals surface area contributed by atoms with E-state index < -0.39 is 0 Å². The first kappa shape index (κ1) is 12.1. The Balaban J connectivity index is 2.17. The summed E-state index contributed by atoms with van der Waals surface area (Å²) in [7, 11) is 0. The lowest BCUT2D eigenvalue weighted by Gasteiger charge is -2.24. The first-order chi connectivity index (χ1) is 8.16. The van der Waals surface area contributed by atoms with E-state index in [2.05, 4.69) is 0 Å². The Hall–Kier alpha value is -1.38. The highest BCUT2D eigenvalue weighted by atomic mass is 19.1.